The average Bonchev–Trinajstić information content (AvgIpc) is 2.47. The Morgan fingerprint density at radius 3 is 3.10 bits per heavy atom. The highest BCUT2D eigenvalue weighted by Gasteiger charge is 2.31. The fourth-order valence-corrected chi connectivity index (χ4v) is 2.25. The highest BCUT2D eigenvalue weighted by atomic mass is 19.1. The second-order valence-corrected chi connectivity index (χ2v) is 4.44. The van der Waals surface area contributed by atoms with Gasteiger partial charge < -0.3 is 15.0 Å². The van der Waals surface area contributed by atoms with E-state index in [1.165, 1.54) is 12.1 Å². The summed E-state index contributed by atoms with van der Waals surface area (Å²) in [4.78, 5) is 13.6. The zero-order valence-electron chi connectivity index (χ0n) is 11.2. The molecule has 0 bridgehead atoms. The largest absolute Gasteiger partial charge is 0.464 e. The van der Waals surface area contributed by atoms with Crippen molar-refractivity contribution >= 4 is 11.7 Å². The Hall–Kier alpha value is -2.13. The molecule has 1 saturated heterocycles. The second-order valence-electron chi connectivity index (χ2n) is 4.44. The van der Waals surface area contributed by atoms with Crippen LogP contribution in [-0.2, 0) is 9.53 Å². The number of ether oxygens (including phenoxy) is 1. The number of piperazine rings is 1. The molecule has 2 rings (SSSR count). The summed E-state index contributed by atoms with van der Waals surface area (Å²) in [6.07, 6.45) is 0. The molecule has 0 amide bonds. The minimum Gasteiger partial charge on any atom is -0.464 e. The minimum absolute atomic E-state index is 0.258. The second kappa shape index (κ2) is 6.35. The van der Waals surface area contributed by atoms with Crippen LogP contribution in [0.25, 0.3) is 0 Å². The van der Waals surface area contributed by atoms with Gasteiger partial charge in [-0.2, -0.15) is 5.26 Å². The molecule has 0 aliphatic carbocycles. The molecule has 0 saturated carbocycles. The molecule has 1 aromatic rings. The molecule has 1 fully saturated rings. The van der Waals surface area contributed by atoms with Crippen LogP contribution in [0.1, 0.15) is 12.5 Å². The summed E-state index contributed by atoms with van der Waals surface area (Å²) in [5.41, 5.74) is 0.581. The number of halogens is 1. The topological polar surface area (TPSA) is 65.4 Å². The van der Waals surface area contributed by atoms with Gasteiger partial charge in [0.25, 0.3) is 0 Å². The predicted molar refractivity (Wildman–Crippen MR) is 71.8 cm³/mol. The van der Waals surface area contributed by atoms with Crippen LogP contribution < -0.4 is 10.2 Å². The number of benzene rings is 1. The number of nitriles is 1. The molecule has 1 aliphatic heterocycles. The van der Waals surface area contributed by atoms with E-state index in [1.807, 2.05) is 6.07 Å². The molecular weight excluding hydrogens is 261 g/mol. The molecule has 1 heterocycles. The van der Waals surface area contributed by atoms with E-state index in [-0.39, 0.29) is 11.5 Å². The average molecular weight is 277 g/mol. The van der Waals surface area contributed by atoms with Gasteiger partial charge in [0.05, 0.1) is 23.9 Å². The van der Waals surface area contributed by atoms with E-state index >= 15 is 0 Å². The lowest BCUT2D eigenvalue weighted by atomic mass is 10.1. The number of esters is 1. The quantitative estimate of drug-likeness (QED) is 0.836. The lowest BCUT2D eigenvalue weighted by Gasteiger charge is -2.36. The van der Waals surface area contributed by atoms with Gasteiger partial charge in [0.15, 0.2) is 0 Å². The summed E-state index contributed by atoms with van der Waals surface area (Å²) >= 11 is 0. The van der Waals surface area contributed by atoms with Crippen molar-refractivity contribution in [1.82, 2.24) is 5.32 Å². The molecule has 0 radical (unpaired) electrons. The third kappa shape index (κ3) is 2.89. The lowest BCUT2D eigenvalue weighted by molar-refractivity contribution is -0.144. The molecule has 20 heavy (non-hydrogen) atoms. The summed E-state index contributed by atoms with van der Waals surface area (Å²) in [6.45, 7) is 3.61. The van der Waals surface area contributed by atoms with Crippen molar-refractivity contribution in [3.63, 3.8) is 0 Å². The van der Waals surface area contributed by atoms with Crippen molar-refractivity contribution < 1.29 is 13.9 Å². The summed E-state index contributed by atoms with van der Waals surface area (Å²) < 4.78 is 19.1. The summed E-state index contributed by atoms with van der Waals surface area (Å²) in [7, 11) is 0. The van der Waals surface area contributed by atoms with Gasteiger partial charge in [-0.25, -0.2) is 9.18 Å². The standard InChI is InChI=1S/C14H16FN3O2/c1-2-20-14(19)13-9-17-5-6-18(13)12-4-3-10(8-16)7-11(12)15/h3-4,7,13,17H,2,5-6,9H2,1H3. The number of rotatable bonds is 3. The van der Waals surface area contributed by atoms with Crippen LogP contribution in [0, 0.1) is 17.1 Å². The smallest absolute Gasteiger partial charge is 0.330 e. The van der Waals surface area contributed by atoms with Gasteiger partial charge in [0.2, 0.25) is 0 Å². The van der Waals surface area contributed by atoms with Gasteiger partial charge in [-0.05, 0) is 25.1 Å². The predicted octanol–water partition coefficient (Wildman–Crippen LogP) is 1.04. The first-order valence-electron chi connectivity index (χ1n) is 6.51. The highest BCUT2D eigenvalue weighted by molar-refractivity contribution is 5.81. The molecule has 1 atom stereocenters. The molecule has 6 heteroatoms. The Morgan fingerprint density at radius 1 is 1.65 bits per heavy atom. The van der Waals surface area contributed by atoms with Gasteiger partial charge in [0.1, 0.15) is 11.9 Å². The zero-order valence-corrected chi connectivity index (χ0v) is 11.2. The Labute approximate surface area is 116 Å². The van der Waals surface area contributed by atoms with E-state index in [2.05, 4.69) is 5.32 Å². The van der Waals surface area contributed by atoms with Crippen LogP contribution in [0.2, 0.25) is 0 Å². The SMILES string of the molecule is CCOC(=O)C1CNCCN1c1ccc(C#N)cc1F. The molecule has 1 unspecified atom stereocenters. The molecule has 0 spiro atoms. The number of anilines is 1. The molecule has 1 aliphatic rings. The van der Waals surface area contributed by atoms with E-state index in [4.69, 9.17) is 10.00 Å². The first-order chi connectivity index (χ1) is 9.67. The van der Waals surface area contributed by atoms with Gasteiger partial charge in [-0.3, -0.25) is 0 Å². The van der Waals surface area contributed by atoms with Crippen LogP contribution >= 0.6 is 0 Å². The first-order valence-corrected chi connectivity index (χ1v) is 6.51. The minimum atomic E-state index is -0.550. The van der Waals surface area contributed by atoms with E-state index in [0.717, 1.165) is 0 Å². The van der Waals surface area contributed by atoms with Crippen LogP contribution in [-0.4, -0.2) is 38.3 Å². The van der Waals surface area contributed by atoms with Crippen molar-refractivity contribution in [2.45, 2.75) is 13.0 Å². The molecule has 106 valence electrons. The van der Waals surface area contributed by atoms with E-state index < -0.39 is 11.9 Å². The third-order valence-corrected chi connectivity index (χ3v) is 3.19. The zero-order chi connectivity index (χ0) is 14.5. The third-order valence-electron chi connectivity index (χ3n) is 3.19. The van der Waals surface area contributed by atoms with Crippen LogP contribution in [0.4, 0.5) is 10.1 Å². The fraction of sp³-hybridized carbons (Fsp3) is 0.429. The number of nitrogens with one attached hydrogen (secondary N) is 1. The maximum Gasteiger partial charge on any atom is 0.330 e. The van der Waals surface area contributed by atoms with Crippen LogP contribution in [0.5, 0.6) is 0 Å². The van der Waals surface area contributed by atoms with Crippen molar-refractivity contribution in [1.29, 1.82) is 5.26 Å². The number of hydrogen-bond donors (Lipinski definition) is 1. The lowest BCUT2D eigenvalue weighted by Crippen LogP contribution is -2.56. The van der Waals surface area contributed by atoms with Crippen molar-refractivity contribution in [2.24, 2.45) is 0 Å². The molecular formula is C14H16FN3O2. The maximum atomic E-state index is 14.1. The van der Waals surface area contributed by atoms with Gasteiger partial charge in [-0.1, -0.05) is 0 Å². The fourth-order valence-electron chi connectivity index (χ4n) is 2.25. The van der Waals surface area contributed by atoms with Gasteiger partial charge in [0, 0.05) is 19.6 Å². The number of hydrogen-bond acceptors (Lipinski definition) is 5. The molecule has 0 aromatic heterocycles. The number of carbonyl (C=O) groups is 1. The Morgan fingerprint density at radius 2 is 2.45 bits per heavy atom. The Kier molecular flexibility index (Phi) is 4.53. The summed E-state index contributed by atoms with van der Waals surface area (Å²) in [5.74, 6) is -0.872. The van der Waals surface area contributed by atoms with Gasteiger partial charge >= 0.3 is 5.97 Å². The van der Waals surface area contributed by atoms with Crippen molar-refractivity contribution in [3.8, 4) is 6.07 Å². The first kappa shape index (κ1) is 14.3. The Balaban J connectivity index is 2.28. The summed E-state index contributed by atoms with van der Waals surface area (Å²) in [6, 6.07) is 5.60. The van der Waals surface area contributed by atoms with Crippen LogP contribution in [0.15, 0.2) is 18.2 Å². The van der Waals surface area contributed by atoms with E-state index in [9.17, 15) is 9.18 Å². The molecule has 5 nitrogen and oxygen atoms in total. The molecule has 1 aromatic carbocycles. The highest BCUT2D eigenvalue weighted by Crippen LogP contribution is 2.23. The monoisotopic (exact) mass is 277 g/mol. The molecule has 1 N–H and O–H groups in total. The maximum absolute atomic E-state index is 14.1. The van der Waals surface area contributed by atoms with E-state index in [1.54, 1.807) is 17.9 Å². The summed E-state index contributed by atoms with van der Waals surface area (Å²) in [5, 5.41) is 11.9. The van der Waals surface area contributed by atoms with Crippen molar-refractivity contribution in [3.05, 3.63) is 29.6 Å². The Bertz CT molecular complexity index is 542. The normalized spacial score (nSPS) is 18.4. The van der Waals surface area contributed by atoms with Gasteiger partial charge in [-0.15, -0.1) is 0 Å². The van der Waals surface area contributed by atoms with Crippen LogP contribution in [0.3, 0.4) is 0 Å². The van der Waals surface area contributed by atoms with E-state index in [0.29, 0.717) is 31.9 Å². The number of nitrogens with zero attached hydrogens (tertiary/aromatic N) is 2. The van der Waals surface area contributed by atoms with Crippen molar-refractivity contribution in [2.75, 3.05) is 31.1 Å². The number of carbonyl (C=O) groups excluding carboxylic acids is 1.